The van der Waals surface area contributed by atoms with E-state index >= 15 is 0 Å². The molecule has 5 rings (SSSR count). The van der Waals surface area contributed by atoms with Crippen molar-refractivity contribution in [3.8, 4) is 11.5 Å². The number of carbonyl (C=O) groups excluding carboxylic acids is 3. The molecule has 1 atom stereocenters. The maximum Gasteiger partial charge on any atom is 0.243 e. The minimum Gasteiger partial charge on any atom is -0.457 e. The molecule has 202 valence electrons. The Morgan fingerprint density at radius 1 is 1.15 bits per heavy atom. The molecule has 1 unspecified atom stereocenters. The number of nitrogens with two attached hydrogens (primary N) is 1. The van der Waals surface area contributed by atoms with Gasteiger partial charge in [0.2, 0.25) is 18.2 Å². The quantitative estimate of drug-likeness (QED) is 0.202. The van der Waals surface area contributed by atoms with Gasteiger partial charge in [-0.15, -0.1) is 11.3 Å². The molecule has 3 amide bonds. The number of thiophene rings is 1. The van der Waals surface area contributed by atoms with E-state index in [4.69, 9.17) is 15.9 Å². The number of anilines is 1. The van der Waals surface area contributed by atoms with E-state index in [2.05, 4.69) is 5.32 Å². The molecule has 39 heavy (non-hydrogen) atoms. The maximum atomic E-state index is 13.5. The molecule has 3 aromatic rings. The predicted octanol–water partition coefficient (Wildman–Crippen LogP) is 3.87. The standard InChI is InChI=1S/C29H31N5O4S/c30-27(31)20-13-24(39-17-20)15-32-28(37)25-14-29(11-4-12-29)18-34(25)26(36)16-33(19-35)21-7-9-23(10-8-21)38-22-5-2-1-3-6-22/h1-3,5-10,13,17,19,25H,4,11-12,14-16,18H2,(H3,30,31)(H,32,37). The normalized spacial score (nSPS) is 17.3. The van der Waals surface area contributed by atoms with Crippen LogP contribution in [-0.2, 0) is 20.9 Å². The Bertz CT molecular complexity index is 1350. The second kappa shape index (κ2) is 11.3. The van der Waals surface area contributed by atoms with Crippen molar-refractivity contribution in [3.05, 3.63) is 76.5 Å². The van der Waals surface area contributed by atoms with Gasteiger partial charge in [-0.3, -0.25) is 19.8 Å². The lowest BCUT2D eigenvalue weighted by atomic mass is 9.67. The summed E-state index contributed by atoms with van der Waals surface area (Å²) in [6, 6.07) is 17.6. The minimum absolute atomic E-state index is 0.0126. The average Bonchev–Trinajstić information content (AvgIpc) is 3.58. The first kappa shape index (κ1) is 26.4. The van der Waals surface area contributed by atoms with Crippen molar-refractivity contribution < 1.29 is 19.1 Å². The monoisotopic (exact) mass is 545 g/mol. The number of rotatable bonds is 10. The number of carbonyl (C=O) groups is 3. The third kappa shape index (κ3) is 5.96. The zero-order valence-electron chi connectivity index (χ0n) is 21.5. The molecular weight excluding hydrogens is 514 g/mol. The van der Waals surface area contributed by atoms with E-state index in [-0.39, 0.29) is 29.6 Å². The number of nitrogen functional groups attached to an aromatic ring is 1. The van der Waals surface area contributed by atoms with Gasteiger partial charge in [0.15, 0.2) is 0 Å². The largest absolute Gasteiger partial charge is 0.457 e. The second-order valence-electron chi connectivity index (χ2n) is 10.2. The fourth-order valence-electron chi connectivity index (χ4n) is 5.25. The van der Waals surface area contributed by atoms with E-state index < -0.39 is 6.04 Å². The van der Waals surface area contributed by atoms with Crippen LogP contribution in [0.5, 0.6) is 11.5 Å². The van der Waals surface area contributed by atoms with Gasteiger partial charge in [-0.05, 0) is 67.1 Å². The maximum absolute atomic E-state index is 13.5. The van der Waals surface area contributed by atoms with E-state index in [0.29, 0.717) is 48.7 Å². The van der Waals surface area contributed by atoms with Crippen LogP contribution in [0.3, 0.4) is 0 Å². The van der Waals surface area contributed by atoms with Gasteiger partial charge in [-0.1, -0.05) is 24.6 Å². The van der Waals surface area contributed by atoms with E-state index in [0.717, 1.165) is 24.1 Å². The van der Waals surface area contributed by atoms with Crippen LogP contribution in [0.25, 0.3) is 0 Å². The van der Waals surface area contributed by atoms with Gasteiger partial charge in [-0.25, -0.2) is 0 Å². The zero-order chi connectivity index (χ0) is 27.4. The number of benzene rings is 2. The van der Waals surface area contributed by atoms with Gasteiger partial charge in [0.1, 0.15) is 29.9 Å². The summed E-state index contributed by atoms with van der Waals surface area (Å²) in [5.41, 5.74) is 6.71. The molecule has 0 radical (unpaired) electrons. The topological polar surface area (TPSA) is 129 Å². The molecular formula is C29H31N5O4S. The van der Waals surface area contributed by atoms with Crippen LogP contribution < -0.4 is 20.7 Å². The lowest BCUT2D eigenvalue weighted by Gasteiger charge is -2.37. The molecule has 1 saturated carbocycles. The molecule has 9 nitrogen and oxygen atoms in total. The van der Waals surface area contributed by atoms with Crippen molar-refractivity contribution >= 4 is 41.1 Å². The molecule has 1 spiro atoms. The van der Waals surface area contributed by atoms with Crippen LogP contribution in [0.2, 0.25) is 0 Å². The van der Waals surface area contributed by atoms with Crippen LogP contribution >= 0.6 is 11.3 Å². The number of hydrogen-bond acceptors (Lipinski definition) is 6. The lowest BCUT2D eigenvalue weighted by Crippen LogP contribution is -2.49. The Labute approximate surface area is 231 Å². The first-order valence-corrected chi connectivity index (χ1v) is 13.8. The molecule has 1 aliphatic carbocycles. The molecule has 1 aromatic heterocycles. The number of nitrogens with zero attached hydrogens (tertiary/aromatic N) is 2. The molecule has 2 aliphatic rings. The SMILES string of the molecule is N=C(N)c1csc(CNC(=O)C2CC3(CCC3)CN2C(=O)CN(C=O)c2ccc(Oc3ccccc3)cc2)c1. The molecule has 0 bridgehead atoms. The molecule has 1 saturated heterocycles. The number of hydrogen-bond donors (Lipinski definition) is 3. The van der Waals surface area contributed by atoms with E-state index in [1.807, 2.05) is 30.3 Å². The highest BCUT2D eigenvalue weighted by atomic mass is 32.1. The average molecular weight is 546 g/mol. The highest BCUT2D eigenvalue weighted by Gasteiger charge is 2.51. The summed E-state index contributed by atoms with van der Waals surface area (Å²) in [4.78, 5) is 42.6. The van der Waals surface area contributed by atoms with Crippen molar-refractivity contribution in [2.45, 2.75) is 38.3 Å². The number of nitrogens with one attached hydrogen (secondary N) is 2. The molecule has 10 heteroatoms. The van der Waals surface area contributed by atoms with E-state index in [1.54, 1.807) is 40.6 Å². The van der Waals surface area contributed by atoms with Gasteiger partial charge < -0.3 is 25.6 Å². The summed E-state index contributed by atoms with van der Waals surface area (Å²) < 4.78 is 5.82. The van der Waals surface area contributed by atoms with Crippen LogP contribution in [0, 0.1) is 10.8 Å². The van der Waals surface area contributed by atoms with Crippen LogP contribution in [-0.4, -0.2) is 48.1 Å². The lowest BCUT2D eigenvalue weighted by molar-refractivity contribution is -0.137. The molecule has 1 aliphatic heterocycles. The van der Waals surface area contributed by atoms with Crippen molar-refractivity contribution in [3.63, 3.8) is 0 Å². The molecule has 2 aromatic carbocycles. The number of likely N-dealkylation sites (tertiary alicyclic amines) is 1. The zero-order valence-corrected chi connectivity index (χ0v) is 22.3. The number of amides is 3. The first-order chi connectivity index (χ1) is 18.9. The van der Waals surface area contributed by atoms with Crippen molar-refractivity contribution in [1.29, 1.82) is 5.41 Å². The van der Waals surface area contributed by atoms with Crippen molar-refractivity contribution in [2.75, 3.05) is 18.0 Å². The van der Waals surface area contributed by atoms with Gasteiger partial charge in [-0.2, -0.15) is 0 Å². The van der Waals surface area contributed by atoms with Gasteiger partial charge in [0, 0.05) is 28.1 Å². The van der Waals surface area contributed by atoms with Crippen molar-refractivity contribution in [2.24, 2.45) is 11.1 Å². The smallest absolute Gasteiger partial charge is 0.243 e. The fourth-order valence-corrected chi connectivity index (χ4v) is 6.08. The van der Waals surface area contributed by atoms with E-state index in [1.165, 1.54) is 16.2 Å². The third-order valence-electron chi connectivity index (χ3n) is 7.53. The molecule has 2 heterocycles. The van der Waals surface area contributed by atoms with Crippen LogP contribution in [0.1, 0.15) is 36.1 Å². The summed E-state index contributed by atoms with van der Waals surface area (Å²) in [7, 11) is 0. The first-order valence-electron chi connectivity index (χ1n) is 12.9. The fraction of sp³-hybridized carbons (Fsp3) is 0.310. The molecule has 2 fully saturated rings. The Hall–Kier alpha value is -4.18. The number of ether oxygens (including phenoxy) is 1. The Balaban J connectivity index is 1.24. The van der Waals surface area contributed by atoms with Crippen LogP contribution in [0.15, 0.2) is 66.0 Å². The second-order valence-corrected chi connectivity index (χ2v) is 11.2. The van der Waals surface area contributed by atoms with E-state index in [9.17, 15) is 14.4 Å². The third-order valence-corrected chi connectivity index (χ3v) is 8.46. The van der Waals surface area contributed by atoms with Crippen LogP contribution in [0.4, 0.5) is 5.69 Å². The Morgan fingerprint density at radius 2 is 1.87 bits per heavy atom. The summed E-state index contributed by atoms with van der Waals surface area (Å²) in [6.07, 6.45) is 4.34. The highest BCUT2D eigenvalue weighted by molar-refractivity contribution is 7.10. The number of amidine groups is 1. The summed E-state index contributed by atoms with van der Waals surface area (Å²) in [5, 5.41) is 12.3. The predicted molar refractivity (Wildman–Crippen MR) is 150 cm³/mol. The molecule has 4 N–H and O–H groups in total. The highest BCUT2D eigenvalue weighted by Crippen LogP contribution is 2.50. The summed E-state index contributed by atoms with van der Waals surface area (Å²) in [6.45, 7) is 0.670. The van der Waals surface area contributed by atoms with Gasteiger partial charge in [0.25, 0.3) is 0 Å². The van der Waals surface area contributed by atoms with Gasteiger partial charge >= 0.3 is 0 Å². The summed E-state index contributed by atoms with van der Waals surface area (Å²) in [5.74, 6) is 0.845. The Morgan fingerprint density at radius 3 is 2.49 bits per heavy atom. The summed E-state index contributed by atoms with van der Waals surface area (Å²) >= 11 is 1.42. The minimum atomic E-state index is -0.583. The van der Waals surface area contributed by atoms with Gasteiger partial charge in [0.05, 0.1) is 6.54 Å². The van der Waals surface area contributed by atoms with Crippen molar-refractivity contribution in [1.82, 2.24) is 10.2 Å². The number of para-hydroxylation sites is 1. The Kier molecular flexibility index (Phi) is 7.65.